The molecular formula is C11H13N5O. The predicted molar refractivity (Wildman–Crippen MR) is 63.4 cm³/mol. The van der Waals surface area contributed by atoms with E-state index in [9.17, 15) is 4.79 Å². The Morgan fingerprint density at radius 3 is 3.06 bits per heavy atom. The van der Waals surface area contributed by atoms with Crippen LogP contribution in [0.25, 0.3) is 0 Å². The molecule has 0 bridgehead atoms. The van der Waals surface area contributed by atoms with Crippen molar-refractivity contribution in [2.24, 2.45) is 0 Å². The van der Waals surface area contributed by atoms with E-state index >= 15 is 0 Å². The first-order chi connectivity index (χ1) is 8.24. The van der Waals surface area contributed by atoms with Gasteiger partial charge in [-0.3, -0.25) is 5.10 Å². The van der Waals surface area contributed by atoms with Crippen LogP contribution in [0, 0.1) is 6.92 Å². The zero-order valence-electron chi connectivity index (χ0n) is 9.40. The molecule has 0 atom stereocenters. The quantitative estimate of drug-likeness (QED) is 0.747. The smallest absolute Gasteiger partial charge is 0.319 e. The highest BCUT2D eigenvalue weighted by atomic mass is 16.2. The maximum Gasteiger partial charge on any atom is 0.319 e. The molecule has 17 heavy (non-hydrogen) atoms. The van der Waals surface area contributed by atoms with Gasteiger partial charge in [-0.2, -0.15) is 5.10 Å². The van der Waals surface area contributed by atoms with E-state index in [1.54, 1.807) is 0 Å². The zero-order valence-corrected chi connectivity index (χ0v) is 9.40. The molecule has 6 nitrogen and oxygen atoms in total. The maximum absolute atomic E-state index is 11.5. The first kappa shape index (κ1) is 11.1. The number of carbonyl (C=O) groups is 1. The summed E-state index contributed by atoms with van der Waals surface area (Å²) in [7, 11) is 0. The molecule has 2 rings (SSSR count). The Morgan fingerprint density at radius 2 is 2.35 bits per heavy atom. The molecule has 0 aliphatic carbocycles. The van der Waals surface area contributed by atoms with E-state index in [0.29, 0.717) is 12.4 Å². The molecule has 0 saturated carbocycles. The molecule has 88 valence electrons. The highest BCUT2D eigenvalue weighted by Crippen LogP contribution is 2.08. The monoisotopic (exact) mass is 231 g/mol. The van der Waals surface area contributed by atoms with Crippen LogP contribution in [-0.2, 0) is 6.54 Å². The standard InChI is InChI=1S/C11H13N5O/c1-8-3-2-4-9(5-8)15-11(17)12-6-10-13-7-14-16-10/h2-5,7H,6H2,1H3,(H2,12,15,17)(H,13,14,16). The largest absolute Gasteiger partial charge is 0.331 e. The zero-order chi connectivity index (χ0) is 12.1. The van der Waals surface area contributed by atoms with Crippen LogP contribution >= 0.6 is 0 Å². The molecule has 1 aromatic heterocycles. The molecule has 0 spiro atoms. The van der Waals surface area contributed by atoms with Gasteiger partial charge in [0.2, 0.25) is 0 Å². The number of urea groups is 1. The third-order valence-electron chi connectivity index (χ3n) is 2.16. The summed E-state index contributed by atoms with van der Waals surface area (Å²) in [6.45, 7) is 2.29. The minimum atomic E-state index is -0.271. The summed E-state index contributed by atoms with van der Waals surface area (Å²) >= 11 is 0. The van der Waals surface area contributed by atoms with Gasteiger partial charge in [0.15, 0.2) is 0 Å². The van der Waals surface area contributed by atoms with Crippen LogP contribution in [-0.4, -0.2) is 21.2 Å². The second-order valence-electron chi connectivity index (χ2n) is 3.61. The average Bonchev–Trinajstić information content (AvgIpc) is 2.79. The first-order valence-electron chi connectivity index (χ1n) is 5.20. The van der Waals surface area contributed by atoms with Crippen LogP contribution < -0.4 is 10.6 Å². The summed E-state index contributed by atoms with van der Waals surface area (Å²) in [4.78, 5) is 15.4. The fourth-order valence-corrected chi connectivity index (χ4v) is 1.38. The van der Waals surface area contributed by atoms with Crippen molar-refractivity contribution in [2.45, 2.75) is 13.5 Å². The molecule has 1 aromatic carbocycles. The van der Waals surface area contributed by atoms with Gasteiger partial charge in [0.25, 0.3) is 0 Å². The minimum Gasteiger partial charge on any atom is -0.331 e. The molecule has 0 aliphatic heterocycles. The average molecular weight is 231 g/mol. The number of amides is 2. The van der Waals surface area contributed by atoms with Crippen molar-refractivity contribution in [2.75, 3.05) is 5.32 Å². The molecule has 2 aromatic rings. The molecular weight excluding hydrogens is 218 g/mol. The second-order valence-corrected chi connectivity index (χ2v) is 3.61. The Hall–Kier alpha value is -2.37. The van der Waals surface area contributed by atoms with Crippen LogP contribution in [0.2, 0.25) is 0 Å². The van der Waals surface area contributed by atoms with Crippen LogP contribution in [0.4, 0.5) is 10.5 Å². The van der Waals surface area contributed by atoms with E-state index in [2.05, 4.69) is 25.8 Å². The Labute approximate surface area is 98.5 Å². The summed E-state index contributed by atoms with van der Waals surface area (Å²) in [5.74, 6) is 0.615. The molecule has 0 aliphatic rings. The molecule has 2 amide bonds. The van der Waals surface area contributed by atoms with Gasteiger partial charge in [-0.05, 0) is 24.6 Å². The van der Waals surface area contributed by atoms with Crippen LogP contribution in [0.15, 0.2) is 30.6 Å². The van der Waals surface area contributed by atoms with Gasteiger partial charge < -0.3 is 10.6 Å². The highest BCUT2D eigenvalue weighted by Gasteiger charge is 2.02. The van der Waals surface area contributed by atoms with Crippen molar-refractivity contribution >= 4 is 11.7 Å². The number of carbonyl (C=O) groups excluding carboxylic acids is 1. The van der Waals surface area contributed by atoms with Crippen molar-refractivity contribution < 1.29 is 4.79 Å². The van der Waals surface area contributed by atoms with E-state index in [-0.39, 0.29) is 6.03 Å². The molecule has 0 saturated heterocycles. The number of rotatable bonds is 3. The summed E-state index contributed by atoms with van der Waals surface area (Å²) < 4.78 is 0. The Balaban J connectivity index is 1.85. The number of H-pyrrole nitrogens is 1. The van der Waals surface area contributed by atoms with Gasteiger partial charge in [-0.25, -0.2) is 9.78 Å². The number of nitrogens with one attached hydrogen (secondary N) is 3. The molecule has 0 unspecified atom stereocenters. The third-order valence-corrected chi connectivity index (χ3v) is 2.16. The number of benzene rings is 1. The van der Waals surface area contributed by atoms with E-state index in [4.69, 9.17) is 0 Å². The number of aromatic nitrogens is 3. The molecule has 3 N–H and O–H groups in total. The van der Waals surface area contributed by atoms with Crippen molar-refractivity contribution in [1.29, 1.82) is 0 Å². The number of hydrogen-bond donors (Lipinski definition) is 3. The first-order valence-corrected chi connectivity index (χ1v) is 5.20. The van der Waals surface area contributed by atoms with Crippen LogP contribution in [0.3, 0.4) is 0 Å². The lowest BCUT2D eigenvalue weighted by atomic mass is 10.2. The van der Waals surface area contributed by atoms with Crippen molar-refractivity contribution in [3.8, 4) is 0 Å². The Kier molecular flexibility index (Phi) is 3.34. The Morgan fingerprint density at radius 1 is 1.47 bits per heavy atom. The predicted octanol–water partition coefficient (Wildman–Crippen LogP) is 1.43. The fraction of sp³-hybridized carbons (Fsp3) is 0.182. The van der Waals surface area contributed by atoms with Crippen molar-refractivity contribution in [3.05, 3.63) is 42.0 Å². The van der Waals surface area contributed by atoms with Gasteiger partial charge in [-0.15, -0.1) is 0 Å². The summed E-state index contributed by atoms with van der Waals surface area (Å²) in [6, 6.07) is 7.32. The van der Waals surface area contributed by atoms with Gasteiger partial charge >= 0.3 is 6.03 Å². The van der Waals surface area contributed by atoms with Crippen molar-refractivity contribution in [1.82, 2.24) is 20.5 Å². The van der Waals surface area contributed by atoms with E-state index in [1.165, 1.54) is 6.33 Å². The number of hydrogen-bond acceptors (Lipinski definition) is 3. The second kappa shape index (κ2) is 5.11. The lowest BCUT2D eigenvalue weighted by Crippen LogP contribution is -2.28. The van der Waals surface area contributed by atoms with Gasteiger partial charge in [-0.1, -0.05) is 12.1 Å². The minimum absolute atomic E-state index is 0.271. The summed E-state index contributed by atoms with van der Waals surface area (Å²) in [5.41, 5.74) is 1.86. The van der Waals surface area contributed by atoms with Crippen LogP contribution in [0.1, 0.15) is 11.4 Å². The normalized spacial score (nSPS) is 9.94. The van der Waals surface area contributed by atoms with E-state index < -0.39 is 0 Å². The molecule has 0 fully saturated rings. The van der Waals surface area contributed by atoms with E-state index in [0.717, 1.165) is 11.3 Å². The number of anilines is 1. The number of aromatic amines is 1. The Bertz CT molecular complexity index is 494. The van der Waals surface area contributed by atoms with Crippen LogP contribution in [0.5, 0.6) is 0 Å². The number of nitrogens with zero attached hydrogens (tertiary/aromatic N) is 2. The SMILES string of the molecule is Cc1cccc(NC(=O)NCc2ncn[nH]2)c1. The van der Waals surface area contributed by atoms with Gasteiger partial charge in [0.1, 0.15) is 12.2 Å². The summed E-state index contributed by atoms with van der Waals surface area (Å²) in [6.07, 6.45) is 1.40. The van der Waals surface area contributed by atoms with Gasteiger partial charge in [0, 0.05) is 5.69 Å². The fourth-order valence-electron chi connectivity index (χ4n) is 1.38. The lowest BCUT2D eigenvalue weighted by Gasteiger charge is -2.06. The molecule has 1 heterocycles. The topological polar surface area (TPSA) is 82.7 Å². The third kappa shape index (κ3) is 3.30. The van der Waals surface area contributed by atoms with Gasteiger partial charge in [0.05, 0.1) is 6.54 Å². The van der Waals surface area contributed by atoms with E-state index in [1.807, 2.05) is 31.2 Å². The van der Waals surface area contributed by atoms with Crippen molar-refractivity contribution in [3.63, 3.8) is 0 Å². The number of aryl methyl sites for hydroxylation is 1. The molecule has 0 radical (unpaired) electrons. The highest BCUT2D eigenvalue weighted by molar-refractivity contribution is 5.89. The molecule has 6 heteroatoms. The summed E-state index contributed by atoms with van der Waals surface area (Å²) in [5, 5.41) is 11.8. The lowest BCUT2D eigenvalue weighted by molar-refractivity contribution is 0.251. The maximum atomic E-state index is 11.5.